The van der Waals surface area contributed by atoms with Crippen molar-refractivity contribution in [2.45, 2.75) is 50.7 Å². The van der Waals surface area contributed by atoms with Crippen molar-refractivity contribution in [1.82, 2.24) is 9.88 Å². The van der Waals surface area contributed by atoms with E-state index < -0.39 is 0 Å². The molecule has 0 saturated carbocycles. The molecule has 7 nitrogen and oxygen atoms in total. The molecular formula is C26H32N3O4S2+. The number of carbonyl (C=O) groups excluding carboxylic acids is 1. The van der Waals surface area contributed by atoms with Crippen molar-refractivity contribution in [1.29, 1.82) is 0 Å². The Balaban J connectivity index is 1.44. The summed E-state index contributed by atoms with van der Waals surface area (Å²) in [5.41, 5.74) is 3.16. The van der Waals surface area contributed by atoms with E-state index in [-0.39, 0.29) is 17.2 Å². The number of carbonyl (C=O) groups is 1. The Bertz CT molecular complexity index is 1310. The molecule has 0 radical (unpaired) electrons. The SMILES string of the molecule is C=C(C)Cn1c(SCC(=O)NCCc2ccc(OC)c(OC)c2)[nH+]c2sc3c(c2c1=O)CCCC3. The van der Waals surface area contributed by atoms with Crippen LogP contribution in [0, 0.1) is 0 Å². The van der Waals surface area contributed by atoms with Crippen LogP contribution in [0.1, 0.15) is 35.8 Å². The Kier molecular flexibility index (Phi) is 8.18. The molecule has 1 aliphatic carbocycles. The average molecular weight is 515 g/mol. The summed E-state index contributed by atoms with van der Waals surface area (Å²) in [7, 11) is 3.21. The molecule has 9 heteroatoms. The molecule has 0 unspecified atom stereocenters. The van der Waals surface area contributed by atoms with Gasteiger partial charge in [0.15, 0.2) is 16.3 Å². The fourth-order valence-corrected chi connectivity index (χ4v) is 6.56. The predicted molar refractivity (Wildman–Crippen MR) is 141 cm³/mol. The molecule has 2 N–H and O–H groups in total. The number of H-pyrrole nitrogens is 1. The van der Waals surface area contributed by atoms with E-state index >= 15 is 0 Å². The fraction of sp³-hybridized carbons (Fsp3) is 0.423. The zero-order valence-electron chi connectivity index (χ0n) is 20.5. The van der Waals surface area contributed by atoms with Gasteiger partial charge in [0.05, 0.1) is 20.0 Å². The number of benzene rings is 1. The molecule has 0 atom stereocenters. The molecule has 0 aliphatic heterocycles. The first kappa shape index (κ1) is 25.3. The maximum Gasteiger partial charge on any atom is 0.347 e. The van der Waals surface area contributed by atoms with Crippen LogP contribution in [0.2, 0.25) is 0 Å². The smallest absolute Gasteiger partial charge is 0.347 e. The van der Waals surface area contributed by atoms with Crippen LogP contribution in [-0.2, 0) is 30.6 Å². The number of hydrogen-bond acceptors (Lipinski definition) is 6. The van der Waals surface area contributed by atoms with Crippen LogP contribution >= 0.6 is 23.1 Å². The van der Waals surface area contributed by atoms with Gasteiger partial charge in [-0.1, -0.05) is 24.0 Å². The van der Waals surface area contributed by atoms with Gasteiger partial charge in [-0.25, -0.2) is 9.78 Å². The molecule has 3 aromatic rings. The Hall–Kier alpha value is -2.78. The molecule has 0 saturated heterocycles. The Morgan fingerprint density at radius 2 is 2.00 bits per heavy atom. The van der Waals surface area contributed by atoms with E-state index in [1.54, 1.807) is 30.1 Å². The van der Waals surface area contributed by atoms with E-state index in [1.807, 2.05) is 25.1 Å². The van der Waals surface area contributed by atoms with E-state index in [0.29, 0.717) is 36.2 Å². The van der Waals surface area contributed by atoms with Crippen LogP contribution in [0.3, 0.4) is 0 Å². The number of nitrogens with zero attached hydrogens (tertiary/aromatic N) is 1. The van der Waals surface area contributed by atoms with Crippen LogP contribution in [-0.4, -0.2) is 37.0 Å². The highest BCUT2D eigenvalue weighted by Gasteiger charge is 2.26. The Morgan fingerprint density at radius 1 is 1.23 bits per heavy atom. The van der Waals surface area contributed by atoms with E-state index in [2.05, 4.69) is 16.9 Å². The molecular weight excluding hydrogens is 482 g/mol. The second-order valence-electron chi connectivity index (χ2n) is 8.77. The lowest BCUT2D eigenvalue weighted by molar-refractivity contribution is -0.404. The fourth-order valence-electron chi connectivity index (χ4n) is 4.37. The molecule has 1 aliphatic rings. The normalized spacial score (nSPS) is 12.9. The number of nitrogens with one attached hydrogen (secondary N) is 2. The van der Waals surface area contributed by atoms with Crippen LogP contribution in [0.5, 0.6) is 11.5 Å². The molecule has 1 aromatic carbocycles. The first-order valence-electron chi connectivity index (χ1n) is 11.8. The number of aryl methyl sites for hydroxylation is 2. The van der Waals surface area contributed by atoms with Gasteiger partial charge in [0.1, 0.15) is 11.9 Å². The maximum atomic E-state index is 13.5. The van der Waals surface area contributed by atoms with Gasteiger partial charge in [0.25, 0.3) is 0 Å². The van der Waals surface area contributed by atoms with Crippen LogP contribution in [0.15, 0.2) is 40.3 Å². The molecule has 2 heterocycles. The molecule has 186 valence electrons. The number of rotatable bonds is 10. The number of hydrogen-bond donors (Lipinski definition) is 1. The maximum absolute atomic E-state index is 13.5. The molecule has 4 rings (SSSR count). The number of aromatic amines is 1. The van der Waals surface area contributed by atoms with Crippen molar-refractivity contribution in [2.75, 3.05) is 26.5 Å². The number of thioether (sulfide) groups is 1. The summed E-state index contributed by atoms with van der Waals surface area (Å²) in [4.78, 5) is 31.7. The third-order valence-corrected chi connectivity index (χ3v) is 8.26. The molecule has 2 aromatic heterocycles. The third kappa shape index (κ3) is 5.73. The number of thiophene rings is 1. The van der Waals surface area contributed by atoms with Gasteiger partial charge in [-0.3, -0.25) is 4.79 Å². The largest absolute Gasteiger partial charge is 0.493 e. The van der Waals surface area contributed by atoms with Gasteiger partial charge < -0.3 is 14.8 Å². The second-order valence-corrected chi connectivity index (χ2v) is 10.8. The second kappa shape index (κ2) is 11.3. The van der Waals surface area contributed by atoms with Gasteiger partial charge in [0, 0.05) is 11.4 Å². The minimum atomic E-state index is -0.0798. The number of ether oxygens (including phenoxy) is 2. The Morgan fingerprint density at radius 3 is 2.74 bits per heavy atom. The zero-order chi connectivity index (χ0) is 24.9. The minimum absolute atomic E-state index is 0.0116. The van der Waals surface area contributed by atoms with Gasteiger partial charge >= 0.3 is 10.7 Å². The predicted octanol–water partition coefficient (Wildman–Crippen LogP) is 3.80. The van der Waals surface area contributed by atoms with E-state index in [9.17, 15) is 9.59 Å². The lowest BCUT2D eigenvalue weighted by atomic mass is 9.97. The minimum Gasteiger partial charge on any atom is -0.493 e. The summed E-state index contributed by atoms with van der Waals surface area (Å²) >= 11 is 3.04. The van der Waals surface area contributed by atoms with Crippen LogP contribution in [0.25, 0.3) is 10.2 Å². The highest BCUT2D eigenvalue weighted by molar-refractivity contribution is 7.99. The van der Waals surface area contributed by atoms with Crippen molar-refractivity contribution >= 4 is 39.2 Å². The summed E-state index contributed by atoms with van der Waals surface area (Å²) in [6.07, 6.45) is 4.97. The molecule has 0 spiro atoms. The summed E-state index contributed by atoms with van der Waals surface area (Å²) < 4.78 is 12.3. The van der Waals surface area contributed by atoms with E-state index in [1.165, 1.54) is 28.6 Å². The zero-order valence-corrected chi connectivity index (χ0v) is 22.1. The van der Waals surface area contributed by atoms with Gasteiger partial charge in [-0.05, 0) is 79.6 Å². The third-order valence-electron chi connectivity index (χ3n) is 6.05. The average Bonchev–Trinajstić information content (AvgIpc) is 3.23. The molecule has 1 amide bonds. The highest BCUT2D eigenvalue weighted by atomic mass is 32.2. The molecule has 0 bridgehead atoms. The monoisotopic (exact) mass is 514 g/mol. The summed E-state index contributed by atoms with van der Waals surface area (Å²) in [5.74, 6) is 1.49. The quantitative estimate of drug-likeness (QED) is 0.253. The standard InChI is InChI=1S/C26H31N3O4S2/c1-16(2)14-29-25(31)23-18-7-5-6-8-21(18)35-24(23)28-26(29)34-15-22(30)27-12-11-17-9-10-19(32-3)20(13-17)33-4/h9-10,13H,1,5-8,11-12,14-15H2,2-4H3,(H,27,30)/p+1. The summed E-state index contributed by atoms with van der Waals surface area (Å²) in [5, 5.41) is 4.48. The summed E-state index contributed by atoms with van der Waals surface area (Å²) in [6, 6.07) is 5.74. The number of amides is 1. The topological polar surface area (TPSA) is 83.7 Å². The molecule has 0 fully saturated rings. The van der Waals surface area contributed by atoms with E-state index in [0.717, 1.165) is 40.6 Å². The van der Waals surface area contributed by atoms with Crippen molar-refractivity contribution in [3.8, 4) is 11.5 Å². The molecule has 35 heavy (non-hydrogen) atoms. The number of aromatic nitrogens is 2. The van der Waals surface area contributed by atoms with E-state index in [4.69, 9.17) is 9.47 Å². The van der Waals surface area contributed by atoms with Gasteiger partial charge in [-0.2, -0.15) is 4.57 Å². The highest BCUT2D eigenvalue weighted by Crippen LogP contribution is 2.33. The lowest BCUT2D eigenvalue weighted by Gasteiger charge is -2.10. The van der Waals surface area contributed by atoms with Crippen LogP contribution in [0.4, 0.5) is 0 Å². The Labute approximate surface area is 213 Å². The van der Waals surface area contributed by atoms with Crippen molar-refractivity contribution in [3.05, 3.63) is 56.7 Å². The first-order chi connectivity index (χ1) is 16.9. The van der Waals surface area contributed by atoms with Gasteiger partial charge in [0.2, 0.25) is 5.91 Å². The summed E-state index contributed by atoms with van der Waals surface area (Å²) in [6.45, 7) is 6.85. The van der Waals surface area contributed by atoms with Crippen molar-refractivity contribution in [2.24, 2.45) is 0 Å². The van der Waals surface area contributed by atoms with Crippen molar-refractivity contribution in [3.63, 3.8) is 0 Å². The van der Waals surface area contributed by atoms with Gasteiger partial charge in [-0.15, -0.1) is 0 Å². The number of allylic oxidation sites excluding steroid dienone is 1. The lowest BCUT2D eigenvalue weighted by Crippen LogP contribution is -2.32. The van der Waals surface area contributed by atoms with Crippen LogP contribution < -0.4 is 25.3 Å². The van der Waals surface area contributed by atoms with Crippen molar-refractivity contribution < 1.29 is 19.3 Å². The number of fused-ring (bicyclic) bond motifs is 3. The number of methoxy groups -OCH3 is 2. The first-order valence-corrected chi connectivity index (χ1v) is 13.6.